The van der Waals surface area contributed by atoms with E-state index in [1.165, 1.54) is 19.2 Å². The first-order valence-electron chi connectivity index (χ1n) is 8.17. The Morgan fingerprint density at radius 1 is 1.24 bits per heavy atom. The number of ether oxygens (including phenoxy) is 2. The van der Waals surface area contributed by atoms with E-state index in [2.05, 4.69) is 5.32 Å². The van der Waals surface area contributed by atoms with E-state index in [4.69, 9.17) is 15.2 Å². The van der Waals surface area contributed by atoms with Crippen LogP contribution >= 0.6 is 0 Å². The second kappa shape index (κ2) is 7.95. The van der Waals surface area contributed by atoms with Crippen LogP contribution in [0.1, 0.15) is 37.7 Å². The summed E-state index contributed by atoms with van der Waals surface area (Å²) in [6.45, 7) is -1.18. The first kappa shape index (κ1) is 19.4. The molecule has 3 N–H and O–H groups in total. The summed E-state index contributed by atoms with van der Waals surface area (Å²) in [6.07, 6.45) is -0.152. The SMILES string of the molecule is COc1cc(CNC(=O)C2(N)CCCCC2)ccc1OCC(F)(F)F. The molecular weight excluding hydrogens is 337 g/mol. The number of carbonyl (C=O) groups is 1. The van der Waals surface area contributed by atoms with Crippen molar-refractivity contribution in [3.8, 4) is 11.5 Å². The first-order valence-corrected chi connectivity index (χ1v) is 8.17. The molecule has 0 radical (unpaired) electrons. The molecule has 0 aliphatic heterocycles. The maximum absolute atomic E-state index is 12.3. The van der Waals surface area contributed by atoms with Gasteiger partial charge in [-0.25, -0.2) is 0 Å². The molecule has 1 amide bonds. The van der Waals surface area contributed by atoms with E-state index < -0.39 is 18.3 Å². The molecule has 1 saturated carbocycles. The van der Waals surface area contributed by atoms with E-state index in [-0.39, 0.29) is 24.0 Å². The lowest BCUT2D eigenvalue weighted by atomic mass is 9.82. The predicted molar refractivity (Wildman–Crippen MR) is 86.4 cm³/mol. The maximum atomic E-state index is 12.3. The molecule has 0 saturated heterocycles. The molecule has 1 fully saturated rings. The van der Waals surface area contributed by atoms with Gasteiger partial charge in [0.05, 0.1) is 12.6 Å². The number of amides is 1. The molecule has 0 spiro atoms. The summed E-state index contributed by atoms with van der Waals surface area (Å²) in [6, 6.07) is 4.51. The zero-order valence-corrected chi connectivity index (χ0v) is 14.1. The minimum atomic E-state index is -4.42. The molecule has 1 aliphatic rings. The van der Waals surface area contributed by atoms with Gasteiger partial charge in [-0.15, -0.1) is 0 Å². The maximum Gasteiger partial charge on any atom is 0.422 e. The van der Waals surface area contributed by atoms with Crippen LogP contribution in [0, 0.1) is 0 Å². The molecule has 0 atom stereocenters. The molecule has 140 valence electrons. The number of rotatable bonds is 6. The van der Waals surface area contributed by atoms with E-state index in [0.29, 0.717) is 18.4 Å². The van der Waals surface area contributed by atoms with Crippen LogP contribution in [0.25, 0.3) is 0 Å². The molecule has 0 unspecified atom stereocenters. The fraction of sp³-hybridized carbons (Fsp3) is 0.588. The summed E-state index contributed by atoms with van der Waals surface area (Å²) in [5.74, 6) is -0.0304. The van der Waals surface area contributed by atoms with Crippen LogP contribution in [-0.4, -0.2) is 31.3 Å². The summed E-state index contributed by atoms with van der Waals surface area (Å²) >= 11 is 0. The van der Waals surface area contributed by atoms with Gasteiger partial charge in [-0.3, -0.25) is 4.79 Å². The molecule has 0 bridgehead atoms. The minimum Gasteiger partial charge on any atom is -0.493 e. The van der Waals surface area contributed by atoms with E-state index in [1.807, 2.05) is 0 Å². The van der Waals surface area contributed by atoms with Crippen molar-refractivity contribution in [2.45, 2.75) is 50.4 Å². The number of halogens is 3. The average molecular weight is 360 g/mol. The quantitative estimate of drug-likeness (QED) is 0.818. The van der Waals surface area contributed by atoms with Crippen LogP contribution in [0.4, 0.5) is 13.2 Å². The van der Waals surface area contributed by atoms with Gasteiger partial charge < -0.3 is 20.5 Å². The molecule has 1 aromatic rings. The lowest BCUT2D eigenvalue weighted by Crippen LogP contribution is -2.54. The standard InChI is InChI=1S/C17H23F3N2O3/c1-24-14-9-12(5-6-13(14)25-11-17(18,19)20)10-22-15(23)16(21)7-3-2-4-8-16/h5-6,9H,2-4,7-8,10-11,21H2,1H3,(H,22,23). The molecular formula is C17H23F3N2O3. The Hall–Kier alpha value is -1.96. The minimum absolute atomic E-state index is 0.00234. The molecule has 8 heteroatoms. The smallest absolute Gasteiger partial charge is 0.422 e. The number of benzene rings is 1. The van der Waals surface area contributed by atoms with Crippen LogP contribution < -0.4 is 20.5 Å². The van der Waals surface area contributed by atoms with Gasteiger partial charge in [0.1, 0.15) is 0 Å². The lowest BCUT2D eigenvalue weighted by molar-refractivity contribution is -0.153. The predicted octanol–water partition coefficient (Wildman–Crippen LogP) is 2.91. The van der Waals surface area contributed by atoms with Gasteiger partial charge in [0.25, 0.3) is 0 Å². The Kier molecular flexibility index (Phi) is 6.16. The van der Waals surface area contributed by atoms with Crippen LogP contribution in [0.3, 0.4) is 0 Å². The third-order valence-corrected chi connectivity index (χ3v) is 4.27. The third-order valence-electron chi connectivity index (χ3n) is 4.27. The van der Waals surface area contributed by atoms with Gasteiger partial charge in [0.2, 0.25) is 5.91 Å². The molecule has 5 nitrogen and oxygen atoms in total. The van der Waals surface area contributed by atoms with Gasteiger partial charge in [0, 0.05) is 6.54 Å². The molecule has 1 aliphatic carbocycles. The van der Waals surface area contributed by atoms with E-state index in [1.54, 1.807) is 6.07 Å². The first-order chi connectivity index (χ1) is 11.7. The number of hydrogen-bond acceptors (Lipinski definition) is 4. The van der Waals surface area contributed by atoms with Crippen LogP contribution in [0.15, 0.2) is 18.2 Å². The zero-order valence-electron chi connectivity index (χ0n) is 14.1. The molecule has 25 heavy (non-hydrogen) atoms. The average Bonchev–Trinajstić information content (AvgIpc) is 2.58. The third kappa shape index (κ3) is 5.52. The summed E-state index contributed by atoms with van der Waals surface area (Å²) in [5.41, 5.74) is 6.01. The van der Waals surface area contributed by atoms with Gasteiger partial charge in [-0.1, -0.05) is 25.3 Å². The van der Waals surface area contributed by atoms with Crippen molar-refractivity contribution < 1.29 is 27.4 Å². The molecule has 0 aromatic heterocycles. The second-order valence-corrected chi connectivity index (χ2v) is 6.29. The van der Waals surface area contributed by atoms with E-state index >= 15 is 0 Å². The van der Waals surface area contributed by atoms with Gasteiger partial charge in [0.15, 0.2) is 18.1 Å². The highest BCUT2D eigenvalue weighted by Gasteiger charge is 2.35. The number of hydrogen-bond donors (Lipinski definition) is 2. The van der Waals surface area contributed by atoms with Crippen LogP contribution in [0.5, 0.6) is 11.5 Å². The van der Waals surface area contributed by atoms with Crippen molar-refractivity contribution in [2.75, 3.05) is 13.7 Å². The molecule has 1 aromatic carbocycles. The second-order valence-electron chi connectivity index (χ2n) is 6.29. The Labute approximate surface area is 144 Å². The number of alkyl halides is 3. The summed E-state index contributed by atoms with van der Waals surface area (Å²) in [7, 11) is 1.34. The highest BCUT2D eigenvalue weighted by atomic mass is 19.4. The number of nitrogens with two attached hydrogens (primary N) is 1. The summed E-state index contributed by atoms with van der Waals surface area (Å²) in [4.78, 5) is 12.3. The van der Waals surface area contributed by atoms with Gasteiger partial charge in [-0.05, 0) is 30.5 Å². The fourth-order valence-corrected chi connectivity index (χ4v) is 2.87. The topological polar surface area (TPSA) is 73.6 Å². The van der Waals surface area contributed by atoms with Crippen LogP contribution in [-0.2, 0) is 11.3 Å². The highest BCUT2D eigenvalue weighted by molar-refractivity contribution is 5.86. The van der Waals surface area contributed by atoms with Crippen molar-refractivity contribution in [1.82, 2.24) is 5.32 Å². The number of carbonyl (C=O) groups excluding carboxylic acids is 1. The number of methoxy groups -OCH3 is 1. The van der Waals surface area contributed by atoms with E-state index in [9.17, 15) is 18.0 Å². The molecule has 0 heterocycles. The zero-order chi connectivity index (χ0) is 18.5. The normalized spacial score (nSPS) is 17.0. The lowest BCUT2D eigenvalue weighted by Gasteiger charge is -2.31. The summed E-state index contributed by atoms with van der Waals surface area (Å²) in [5, 5.41) is 2.80. The Morgan fingerprint density at radius 2 is 1.92 bits per heavy atom. The van der Waals surface area contributed by atoms with Crippen molar-refractivity contribution >= 4 is 5.91 Å². The Bertz CT molecular complexity index is 599. The Morgan fingerprint density at radius 3 is 2.52 bits per heavy atom. The van der Waals surface area contributed by atoms with Crippen molar-refractivity contribution in [2.24, 2.45) is 5.73 Å². The largest absolute Gasteiger partial charge is 0.493 e. The van der Waals surface area contributed by atoms with Crippen molar-refractivity contribution in [3.05, 3.63) is 23.8 Å². The molecule has 2 rings (SSSR count). The van der Waals surface area contributed by atoms with Gasteiger partial charge >= 0.3 is 6.18 Å². The van der Waals surface area contributed by atoms with Crippen molar-refractivity contribution in [3.63, 3.8) is 0 Å². The monoisotopic (exact) mass is 360 g/mol. The number of nitrogens with one attached hydrogen (secondary N) is 1. The Balaban J connectivity index is 1.97. The van der Waals surface area contributed by atoms with Crippen molar-refractivity contribution in [1.29, 1.82) is 0 Å². The van der Waals surface area contributed by atoms with E-state index in [0.717, 1.165) is 19.3 Å². The van der Waals surface area contributed by atoms with Crippen LogP contribution in [0.2, 0.25) is 0 Å². The summed E-state index contributed by atoms with van der Waals surface area (Å²) < 4.78 is 46.6. The fourth-order valence-electron chi connectivity index (χ4n) is 2.87. The van der Waals surface area contributed by atoms with Gasteiger partial charge in [-0.2, -0.15) is 13.2 Å². The highest BCUT2D eigenvalue weighted by Crippen LogP contribution is 2.30.